The molecule has 0 bridgehead atoms. The molecule has 2 aromatic heterocycles. The van der Waals surface area contributed by atoms with Gasteiger partial charge in [0.25, 0.3) is 0 Å². The van der Waals surface area contributed by atoms with Crippen LogP contribution in [-0.2, 0) is 6.54 Å². The van der Waals surface area contributed by atoms with Gasteiger partial charge in [0.05, 0.1) is 24.9 Å². The molecule has 0 saturated carbocycles. The lowest BCUT2D eigenvalue weighted by Crippen LogP contribution is -2.29. The van der Waals surface area contributed by atoms with E-state index in [0.29, 0.717) is 18.4 Å². The monoisotopic (exact) mass is 428 g/mol. The van der Waals surface area contributed by atoms with E-state index in [-0.39, 0.29) is 6.61 Å². The Hall–Kier alpha value is -3.29. The molecule has 1 saturated heterocycles. The normalized spacial score (nSPS) is 15.3. The Balaban J connectivity index is 1.32. The molecule has 4 aromatic rings. The standard InChI is InChI=1S/C25H28N6O/c1-30-10-8-19(9-11-30)18-4-6-23(7-5-18)28-25-26-15-21-3-2-20(14-24(21)29-25)22-16-27-31(17-22)12-13-32/h2-7,14-17,19,32H,8-13H2,1H3,(H,26,28,29). The summed E-state index contributed by atoms with van der Waals surface area (Å²) in [7, 11) is 2.19. The van der Waals surface area contributed by atoms with Crippen LogP contribution in [0.2, 0.25) is 0 Å². The van der Waals surface area contributed by atoms with E-state index in [1.165, 1.54) is 31.5 Å². The molecule has 5 rings (SSSR count). The third-order valence-electron chi connectivity index (χ3n) is 6.24. The second-order valence-corrected chi connectivity index (χ2v) is 8.51. The Morgan fingerprint density at radius 2 is 1.84 bits per heavy atom. The number of nitrogens with one attached hydrogen (secondary N) is 1. The van der Waals surface area contributed by atoms with Crippen molar-refractivity contribution < 1.29 is 5.11 Å². The van der Waals surface area contributed by atoms with Gasteiger partial charge in [-0.05, 0) is 68.2 Å². The van der Waals surface area contributed by atoms with E-state index in [0.717, 1.165) is 27.7 Å². The Bertz CT molecular complexity index is 1190. The van der Waals surface area contributed by atoms with Crippen molar-refractivity contribution in [3.63, 3.8) is 0 Å². The highest BCUT2D eigenvalue weighted by molar-refractivity contribution is 5.84. The van der Waals surface area contributed by atoms with Crippen molar-refractivity contribution in [1.82, 2.24) is 24.6 Å². The predicted octanol–water partition coefficient (Wildman–Crippen LogP) is 4.04. The summed E-state index contributed by atoms with van der Waals surface area (Å²) in [5.74, 6) is 1.23. The van der Waals surface area contributed by atoms with Gasteiger partial charge in [0.1, 0.15) is 0 Å². The Labute approximate surface area is 187 Å². The minimum absolute atomic E-state index is 0.0695. The molecule has 7 nitrogen and oxygen atoms in total. The van der Waals surface area contributed by atoms with Gasteiger partial charge in [0.15, 0.2) is 0 Å². The van der Waals surface area contributed by atoms with Crippen LogP contribution in [0.4, 0.5) is 11.6 Å². The molecule has 0 spiro atoms. The van der Waals surface area contributed by atoms with Crippen LogP contribution in [0.25, 0.3) is 22.0 Å². The first kappa shape index (κ1) is 20.6. The molecule has 7 heteroatoms. The Morgan fingerprint density at radius 1 is 1.03 bits per heavy atom. The summed E-state index contributed by atoms with van der Waals surface area (Å²) in [6, 6.07) is 14.8. The smallest absolute Gasteiger partial charge is 0.227 e. The van der Waals surface area contributed by atoms with E-state index in [1.807, 2.05) is 36.8 Å². The fourth-order valence-electron chi connectivity index (χ4n) is 4.31. The third-order valence-corrected chi connectivity index (χ3v) is 6.24. The zero-order valence-corrected chi connectivity index (χ0v) is 18.3. The van der Waals surface area contributed by atoms with Gasteiger partial charge in [-0.25, -0.2) is 9.97 Å². The molecule has 2 N–H and O–H groups in total. The van der Waals surface area contributed by atoms with Crippen LogP contribution in [0, 0.1) is 0 Å². The first-order valence-corrected chi connectivity index (χ1v) is 11.1. The molecule has 0 unspecified atom stereocenters. The minimum atomic E-state index is 0.0695. The summed E-state index contributed by atoms with van der Waals surface area (Å²) >= 11 is 0. The highest BCUT2D eigenvalue weighted by Gasteiger charge is 2.18. The molecular weight excluding hydrogens is 400 g/mol. The van der Waals surface area contributed by atoms with Gasteiger partial charge in [-0.15, -0.1) is 0 Å². The van der Waals surface area contributed by atoms with Crippen molar-refractivity contribution >= 4 is 22.5 Å². The minimum Gasteiger partial charge on any atom is -0.394 e. The second kappa shape index (κ2) is 9.06. The third kappa shape index (κ3) is 4.49. The lowest BCUT2D eigenvalue weighted by atomic mass is 9.89. The van der Waals surface area contributed by atoms with E-state index in [1.54, 1.807) is 4.68 Å². The van der Waals surface area contributed by atoms with Crippen LogP contribution in [0.15, 0.2) is 61.1 Å². The van der Waals surface area contributed by atoms with Crippen LogP contribution in [-0.4, -0.2) is 56.5 Å². The summed E-state index contributed by atoms with van der Waals surface area (Å²) < 4.78 is 1.74. The number of rotatable bonds is 6. The number of piperidine rings is 1. The summed E-state index contributed by atoms with van der Waals surface area (Å²) in [5.41, 5.74) is 5.31. The molecule has 1 aliphatic heterocycles. The maximum atomic E-state index is 9.10. The van der Waals surface area contributed by atoms with E-state index < -0.39 is 0 Å². The lowest BCUT2D eigenvalue weighted by molar-refractivity contribution is 0.255. The number of benzene rings is 2. The van der Waals surface area contributed by atoms with Crippen LogP contribution < -0.4 is 5.32 Å². The highest BCUT2D eigenvalue weighted by atomic mass is 16.3. The van der Waals surface area contributed by atoms with E-state index in [2.05, 4.69) is 51.6 Å². The van der Waals surface area contributed by atoms with Crippen molar-refractivity contribution in [3.8, 4) is 11.1 Å². The van der Waals surface area contributed by atoms with E-state index in [9.17, 15) is 0 Å². The molecule has 1 aliphatic rings. The summed E-state index contributed by atoms with van der Waals surface area (Å²) in [6.45, 7) is 2.89. The average molecular weight is 429 g/mol. The van der Waals surface area contributed by atoms with Crippen molar-refractivity contribution in [2.45, 2.75) is 25.3 Å². The molecular formula is C25H28N6O. The molecule has 3 heterocycles. The summed E-state index contributed by atoms with van der Waals surface area (Å²) in [6.07, 6.45) is 8.03. The Kier molecular flexibility index (Phi) is 5.83. The molecule has 164 valence electrons. The number of likely N-dealkylation sites (tertiary alicyclic amines) is 1. The zero-order chi connectivity index (χ0) is 21.9. The number of hydrogen-bond donors (Lipinski definition) is 2. The maximum absolute atomic E-state index is 9.10. The lowest BCUT2D eigenvalue weighted by Gasteiger charge is -2.29. The van der Waals surface area contributed by atoms with Crippen molar-refractivity contribution in [2.75, 3.05) is 32.1 Å². The highest BCUT2D eigenvalue weighted by Crippen LogP contribution is 2.29. The van der Waals surface area contributed by atoms with Gasteiger partial charge in [-0.2, -0.15) is 5.10 Å². The maximum Gasteiger partial charge on any atom is 0.227 e. The van der Waals surface area contributed by atoms with Gasteiger partial charge >= 0.3 is 0 Å². The van der Waals surface area contributed by atoms with E-state index >= 15 is 0 Å². The number of nitrogens with zero attached hydrogens (tertiary/aromatic N) is 5. The van der Waals surface area contributed by atoms with Gasteiger partial charge in [-0.1, -0.05) is 24.3 Å². The largest absolute Gasteiger partial charge is 0.394 e. The zero-order valence-electron chi connectivity index (χ0n) is 18.3. The molecule has 1 fully saturated rings. The van der Waals surface area contributed by atoms with Crippen molar-refractivity contribution in [2.24, 2.45) is 0 Å². The second-order valence-electron chi connectivity index (χ2n) is 8.51. The first-order chi connectivity index (χ1) is 15.7. The van der Waals surface area contributed by atoms with Crippen LogP contribution >= 0.6 is 0 Å². The van der Waals surface area contributed by atoms with Crippen molar-refractivity contribution in [3.05, 3.63) is 66.6 Å². The number of hydrogen-bond acceptors (Lipinski definition) is 6. The van der Waals surface area contributed by atoms with Crippen LogP contribution in [0.5, 0.6) is 0 Å². The van der Waals surface area contributed by atoms with Gasteiger partial charge < -0.3 is 15.3 Å². The van der Waals surface area contributed by atoms with Crippen LogP contribution in [0.3, 0.4) is 0 Å². The molecule has 2 aromatic carbocycles. The SMILES string of the molecule is CN1CCC(c2ccc(Nc3ncc4ccc(-c5cnn(CCO)c5)cc4n3)cc2)CC1. The number of fused-ring (bicyclic) bond motifs is 1. The number of aromatic nitrogens is 4. The molecule has 0 radical (unpaired) electrons. The molecule has 0 amide bonds. The van der Waals surface area contributed by atoms with Gasteiger partial charge in [0.2, 0.25) is 5.95 Å². The fraction of sp³-hybridized carbons (Fsp3) is 0.320. The molecule has 32 heavy (non-hydrogen) atoms. The topological polar surface area (TPSA) is 79.1 Å². The number of aliphatic hydroxyl groups excluding tert-OH is 1. The average Bonchev–Trinajstić information content (AvgIpc) is 3.29. The summed E-state index contributed by atoms with van der Waals surface area (Å²) in [4.78, 5) is 11.6. The first-order valence-electron chi connectivity index (χ1n) is 11.1. The van der Waals surface area contributed by atoms with Gasteiger partial charge in [0, 0.05) is 29.0 Å². The number of anilines is 2. The van der Waals surface area contributed by atoms with Crippen LogP contribution in [0.1, 0.15) is 24.3 Å². The quantitative estimate of drug-likeness (QED) is 0.483. The molecule has 0 aliphatic carbocycles. The predicted molar refractivity (Wildman–Crippen MR) is 127 cm³/mol. The van der Waals surface area contributed by atoms with Crippen molar-refractivity contribution in [1.29, 1.82) is 0 Å². The van der Waals surface area contributed by atoms with Gasteiger partial charge in [-0.3, -0.25) is 4.68 Å². The Morgan fingerprint density at radius 3 is 2.62 bits per heavy atom. The number of aliphatic hydroxyl groups is 1. The fourth-order valence-corrected chi connectivity index (χ4v) is 4.31. The summed E-state index contributed by atoms with van der Waals surface area (Å²) in [5, 5.41) is 17.7. The molecule has 0 atom stereocenters. The van der Waals surface area contributed by atoms with E-state index in [4.69, 9.17) is 10.1 Å².